The summed E-state index contributed by atoms with van der Waals surface area (Å²) in [7, 11) is 0. The molecule has 2 aromatic rings. The van der Waals surface area contributed by atoms with Crippen LogP contribution in [0.3, 0.4) is 0 Å². The highest BCUT2D eigenvalue weighted by Gasteiger charge is 2.09. The van der Waals surface area contributed by atoms with Crippen LogP contribution in [-0.2, 0) is 4.79 Å². The third kappa shape index (κ3) is 4.30. The fraction of sp³-hybridized carbons (Fsp3) is 0.188. The van der Waals surface area contributed by atoms with Crippen molar-refractivity contribution in [3.8, 4) is 0 Å². The summed E-state index contributed by atoms with van der Waals surface area (Å²) in [6.45, 7) is 3.63. The maximum absolute atomic E-state index is 12.1. The number of hydrogen-bond donors (Lipinski definition) is 2. The van der Waals surface area contributed by atoms with Crippen LogP contribution in [-0.4, -0.2) is 16.8 Å². The average molecular weight is 318 g/mol. The minimum atomic E-state index is -0.281. The normalized spacial score (nSPS) is 10.4. The van der Waals surface area contributed by atoms with E-state index < -0.39 is 0 Å². The maximum atomic E-state index is 12.1. The highest BCUT2D eigenvalue weighted by molar-refractivity contribution is 6.30. The number of pyridine rings is 1. The van der Waals surface area contributed by atoms with Gasteiger partial charge in [0, 0.05) is 23.4 Å². The second-order valence-corrected chi connectivity index (χ2v) is 5.47. The molecule has 2 amide bonds. The molecule has 5 nitrogen and oxygen atoms in total. The maximum Gasteiger partial charge on any atom is 0.256 e. The fourth-order valence-electron chi connectivity index (χ4n) is 1.63. The van der Waals surface area contributed by atoms with Crippen molar-refractivity contribution in [2.75, 3.05) is 10.6 Å². The number of anilines is 2. The Morgan fingerprint density at radius 3 is 2.27 bits per heavy atom. The Bertz CT molecular complexity index is 667. The van der Waals surface area contributed by atoms with E-state index in [1.807, 2.05) is 13.8 Å². The van der Waals surface area contributed by atoms with Crippen LogP contribution in [0.4, 0.5) is 11.5 Å². The molecule has 2 rings (SSSR count). The largest absolute Gasteiger partial charge is 0.326 e. The van der Waals surface area contributed by atoms with Gasteiger partial charge in [-0.25, -0.2) is 4.98 Å². The summed E-state index contributed by atoms with van der Waals surface area (Å²) in [5.74, 6) is -0.0235. The molecular weight excluding hydrogens is 302 g/mol. The van der Waals surface area contributed by atoms with E-state index in [4.69, 9.17) is 11.6 Å². The number of benzene rings is 1. The van der Waals surface area contributed by atoms with Gasteiger partial charge in [-0.3, -0.25) is 9.59 Å². The van der Waals surface area contributed by atoms with Gasteiger partial charge in [-0.1, -0.05) is 25.4 Å². The van der Waals surface area contributed by atoms with Crippen LogP contribution >= 0.6 is 11.6 Å². The van der Waals surface area contributed by atoms with Crippen molar-refractivity contribution in [3.63, 3.8) is 0 Å². The van der Waals surface area contributed by atoms with E-state index in [-0.39, 0.29) is 17.7 Å². The van der Waals surface area contributed by atoms with Crippen molar-refractivity contribution in [2.24, 2.45) is 5.92 Å². The van der Waals surface area contributed by atoms with Gasteiger partial charge in [0.1, 0.15) is 5.82 Å². The molecule has 1 heterocycles. The summed E-state index contributed by atoms with van der Waals surface area (Å²) >= 11 is 5.74. The first-order chi connectivity index (χ1) is 10.5. The zero-order valence-corrected chi connectivity index (χ0v) is 13.0. The second kappa shape index (κ2) is 7.04. The molecule has 6 heteroatoms. The van der Waals surface area contributed by atoms with E-state index in [2.05, 4.69) is 15.6 Å². The minimum Gasteiger partial charge on any atom is -0.326 e. The van der Waals surface area contributed by atoms with Crippen LogP contribution in [0.2, 0.25) is 5.02 Å². The summed E-state index contributed by atoms with van der Waals surface area (Å²) < 4.78 is 0. The average Bonchev–Trinajstić information content (AvgIpc) is 2.50. The standard InChI is InChI=1S/C16H16ClN3O2/c1-10(2)15(21)19-13-6-3-11(4-7-13)16(22)20-14-8-5-12(17)9-18-14/h3-10H,1-2H3,(H,19,21)(H,18,20,22). The number of nitrogens with one attached hydrogen (secondary N) is 2. The Kier molecular flexibility index (Phi) is 5.12. The predicted molar refractivity (Wildman–Crippen MR) is 87.1 cm³/mol. The molecule has 22 heavy (non-hydrogen) atoms. The molecule has 0 atom stereocenters. The molecule has 0 radical (unpaired) electrons. The highest BCUT2D eigenvalue weighted by atomic mass is 35.5. The fourth-order valence-corrected chi connectivity index (χ4v) is 1.74. The van der Waals surface area contributed by atoms with Gasteiger partial charge < -0.3 is 10.6 Å². The zero-order chi connectivity index (χ0) is 16.1. The third-order valence-electron chi connectivity index (χ3n) is 2.91. The molecule has 1 aromatic heterocycles. The third-order valence-corrected chi connectivity index (χ3v) is 3.13. The van der Waals surface area contributed by atoms with Crippen molar-refractivity contribution in [2.45, 2.75) is 13.8 Å². The number of rotatable bonds is 4. The lowest BCUT2D eigenvalue weighted by molar-refractivity contribution is -0.118. The van der Waals surface area contributed by atoms with Gasteiger partial charge in [0.25, 0.3) is 5.91 Å². The molecule has 114 valence electrons. The lowest BCUT2D eigenvalue weighted by Crippen LogP contribution is -2.18. The molecule has 0 aliphatic carbocycles. The van der Waals surface area contributed by atoms with Crippen LogP contribution in [0.15, 0.2) is 42.6 Å². The molecule has 0 saturated heterocycles. The summed E-state index contributed by atoms with van der Waals surface area (Å²) in [6.07, 6.45) is 1.46. The van der Waals surface area contributed by atoms with E-state index in [1.165, 1.54) is 6.20 Å². The van der Waals surface area contributed by atoms with Crippen LogP contribution in [0.25, 0.3) is 0 Å². The number of amides is 2. The molecule has 0 saturated carbocycles. The Balaban J connectivity index is 2.02. The topological polar surface area (TPSA) is 71.1 Å². The molecule has 1 aromatic carbocycles. The Morgan fingerprint density at radius 1 is 1.05 bits per heavy atom. The predicted octanol–water partition coefficient (Wildman–Crippen LogP) is 3.58. The van der Waals surface area contributed by atoms with Gasteiger partial charge >= 0.3 is 0 Å². The summed E-state index contributed by atoms with van der Waals surface area (Å²) in [4.78, 5) is 27.7. The van der Waals surface area contributed by atoms with Gasteiger partial charge in [0.05, 0.1) is 5.02 Å². The van der Waals surface area contributed by atoms with Gasteiger partial charge in [-0.15, -0.1) is 0 Å². The van der Waals surface area contributed by atoms with Crippen molar-refractivity contribution in [3.05, 3.63) is 53.2 Å². The van der Waals surface area contributed by atoms with Crippen molar-refractivity contribution >= 4 is 34.9 Å². The quantitative estimate of drug-likeness (QED) is 0.905. The van der Waals surface area contributed by atoms with Crippen molar-refractivity contribution in [1.29, 1.82) is 0 Å². The second-order valence-electron chi connectivity index (χ2n) is 5.04. The monoisotopic (exact) mass is 317 g/mol. The van der Waals surface area contributed by atoms with Crippen molar-refractivity contribution < 1.29 is 9.59 Å². The van der Waals surface area contributed by atoms with E-state index in [9.17, 15) is 9.59 Å². The molecule has 0 fully saturated rings. The molecule has 0 bridgehead atoms. The van der Waals surface area contributed by atoms with E-state index in [0.717, 1.165) is 0 Å². The number of carbonyl (C=O) groups excluding carboxylic acids is 2. The summed E-state index contributed by atoms with van der Waals surface area (Å²) in [5, 5.41) is 5.94. The van der Waals surface area contributed by atoms with E-state index in [1.54, 1.807) is 36.4 Å². The lowest BCUT2D eigenvalue weighted by Gasteiger charge is -2.08. The zero-order valence-electron chi connectivity index (χ0n) is 12.3. The highest BCUT2D eigenvalue weighted by Crippen LogP contribution is 2.14. The van der Waals surface area contributed by atoms with Crippen molar-refractivity contribution in [1.82, 2.24) is 4.98 Å². The van der Waals surface area contributed by atoms with Gasteiger partial charge in [-0.05, 0) is 36.4 Å². The Hall–Kier alpha value is -2.40. The summed E-state index contributed by atoms with van der Waals surface area (Å²) in [6, 6.07) is 9.92. The molecule has 0 aliphatic rings. The van der Waals surface area contributed by atoms with Crippen LogP contribution < -0.4 is 10.6 Å². The van der Waals surface area contributed by atoms with E-state index >= 15 is 0 Å². The van der Waals surface area contributed by atoms with Gasteiger partial charge in [-0.2, -0.15) is 0 Å². The van der Waals surface area contributed by atoms with Gasteiger partial charge in [0.15, 0.2) is 0 Å². The van der Waals surface area contributed by atoms with Gasteiger partial charge in [0.2, 0.25) is 5.91 Å². The lowest BCUT2D eigenvalue weighted by atomic mass is 10.1. The van der Waals surface area contributed by atoms with Crippen LogP contribution in [0.1, 0.15) is 24.2 Å². The van der Waals surface area contributed by atoms with E-state index in [0.29, 0.717) is 22.1 Å². The number of halogens is 1. The minimum absolute atomic E-state index is 0.0671. The molecule has 0 aliphatic heterocycles. The number of aromatic nitrogens is 1. The van der Waals surface area contributed by atoms with Crippen LogP contribution in [0, 0.1) is 5.92 Å². The molecule has 0 spiro atoms. The molecule has 2 N–H and O–H groups in total. The SMILES string of the molecule is CC(C)C(=O)Nc1ccc(C(=O)Nc2ccc(Cl)cn2)cc1. The molecule has 0 unspecified atom stereocenters. The first-order valence-corrected chi connectivity index (χ1v) is 7.17. The number of nitrogens with zero attached hydrogens (tertiary/aromatic N) is 1. The first-order valence-electron chi connectivity index (χ1n) is 6.79. The Morgan fingerprint density at radius 2 is 1.73 bits per heavy atom. The van der Waals surface area contributed by atoms with Crippen LogP contribution in [0.5, 0.6) is 0 Å². The number of hydrogen-bond acceptors (Lipinski definition) is 3. The summed E-state index contributed by atoms with van der Waals surface area (Å²) in [5.41, 5.74) is 1.12. The Labute approximate surface area is 133 Å². The smallest absolute Gasteiger partial charge is 0.256 e. The first kappa shape index (κ1) is 16.0. The molecular formula is C16H16ClN3O2. The number of carbonyl (C=O) groups is 2.